The summed E-state index contributed by atoms with van der Waals surface area (Å²) in [6, 6.07) is -0.476. The van der Waals surface area contributed by atoms with Gasteiger partial charge in [0.2, 0.25) is 5.91 Å². The van der Waals surface area contributed by atoms with E-state index in [9.17, 15) is 9.59 Å². The van der Waals surface area contributed by atoms with Gasteiger partial charge in [-0.3, -0.25) is 9.59 Å². The zero-order valence-electron chi connectivity index (χ0n) is 10.0. The molecule has 0 aromatic heterocycles. The molecule has 102 valence electrons. The van der Waals surface area contributed by atoms with Crippen LogP contribution in [0.3, 0.4) is 0 Å². The Morgan fingerprint density at radius 1 is 1.33 bits per heavy atom. The average molecular weight is 258 g/mol. The van der Waals surface area contributed by atoms with E-state index in [1.165, 1.54) is 0 Å². The van der Waals surface area contributed by atoms with Crippen molar-refractivity contribution >= 4 is 11.9 Å². The number of nitrogens with one attached hydrogen (secondary N) is 1. The third kappa shape index (κ3) is 2.80. The molecule has 0 bridgehead atoms. The lowest BCUT2D eigenvalue weighted by molar-refractivity contribution is -0.142. The standard InChI is InChI=1S/C11H18N2O5/c12-3-6-1-2-9(18-6)10(14)13-8-5-17-4-7(8)11(15)16/h6-9H,1-5,12H2,(H,13,14)(H,15,16). The molecule has 2 fully saturated rings. The largest absolute Gasteiger partial charge is 0.481 e. The van der Waals surface area contributed by atoms with Crippen LogP contribution in [-0.4, -0.2) is 55.0 Å². The van der Waals surface area contributed by atoms with E-state index in [0.29, 0.717) is 13.0 Å². The van der Waals surface area contributed by atoms with Crippen LogP contribution in [0.15, 0.2) is 0 Å². The first kappa shape index (κ1) is 13.3. The number of carbonyl (C=O) groups is 2. The van der Waals surface area contributed by atoms with Gasteiger partial charge < -0.3 is 25.6 Å². The van der Waals surface area contributed by atoms with Gasteiger partial charge in [-0.05, 0) is 12.8 Å². The first-order valence-corrected chi connectivity index (χ1v) is 6.08. The Morgan fingerprint density at radius 2 is 2.11 bits per heavy atom. The van der Waals surface area contributed by atoms with Crippen molar-refractivity contribution in [1.29, 1.82) is 0 Å². The summed E-state index contributed by atoms with van der Waals surface area (Å²) < 4.78 is 10.5. The second-order valence-electron chi connectivity index (χ2n) is 4.66. The van der Waals surface area contributed by atoms with Crippen LogP contribution in [0.1, 0.15) is 12.8 Å². The van der Waals surface area contributed by atoms with E-state index in [1.807, 2.05) is 0 Å². The summed E-state index contributed by atoms with van der Waals surface area (Å²) in [5.41, 5.74) is 5.47. The highest BCUT2D eigenvalue weighted by molar-refractivity contribution is 5.82. The van der Waals surface area contributed by atoms with E-state index in [-0.39, 0.29) is 25.2 Å². The van der Waals surface area contributed by atoms with Gasteiger partial charge >= 0.3 is 5.97 Å². The normalized spacial score (nSPS) is 35.6. The van der Waals surface area contributed by atoms with Crippen LogP contribution in [0, 0.1) is 5.92 Å². The molecule has 0 spiro atoms. The van der Waals surface area contributed by atoms with Crippen LogP contribution in [-0.2, 0) is 19.1 Å². The van der Waals surface area contributed by atoms with Crippen LogP contribution in [0.25, 0.3) is 0 Å². The Kier molecular flexibility index (Phi) is 4.15. The molecule has 2 heterocycles. The van der Waals surface area contributed by atoms with Gasteiger partial charge in [0.15, 0.2) is 0 Å². The number of carboxylic acids is 1. The second kappa shape index (κ2) is 5.64. The van der Waals surface area contributed by atoms with Gasteiger partial charge in [-0.2, -0.15) is 0 Å². The lowest BCUT2D eigenvalue weighted by atomic mass is 10.0. The number of ether oxygens (including phenoxy) is 2. The lowest BCUT2D eigenvalue weighted by Crippen LogP contribution is -2.46. The minimum atomic E-state index is -0.954. The molecule has 2 rings (SSSR count). The number of carboxylic acid groups (broad SMARTS) is 1. The van der Waals surface area contributed by atoms with Gasteiger partial charge in [-0.25, -0.2) is 0 Å². The van der Waals surface area contributed by atoms with Crippen molar-refractivity contribution in [2.45, 2.75) is 31.1 Å². The second-order valence-corrected chi connectivity index (χ2v) is 4.66. The molecule has 4 atom stereocenters. The molecule has 7 heteroatoms. The number of amides is 1. The van der Waals surface area contributed by atoms with Gasteiger partial charge in [-0.15, -0.1) is 0 Å². The molecular weight excluding hydrogens is 240 g/mol. The van der Waals surface area contributed by atoms with Crippen molar-refractivity contribution in [3.8, 4) is 0 Å². The molecular formula is C11H18N2O5. The summed E-state index contributed by atoms with van der Waals surface area (Å²) in [6.07, 6.45) is 0.793. The van der Waals surface area contributed by atoms with Crippen LogP contribution >= 0.6 is 0 Å². The van der Waals surface area contributed by atoms with Gasteiger partial charge in [-0.1, -0.05) is 0 Å². The Bertz CT molecular complexity index is 335. The molecule has 0 aromatic rings. The van der Waals surface area contributed by atoms with E-state index in [4.69, 9.17) is 20.3 Å². The van der Waals surface area contributed by atoms with E-state index in [0.717, 1.165) is 6.42 Å². The van der Waals surface area contributed by atoms with E-state index >= 15 is 0 Å². The highest BCUT2D eigenvalue weighted by atomic mass is 16.5. The molecule has 0 radical (unpaired) electrons. The quantitative estimate of drug-likeness (QED) is 0.578. The third-order valence-corrected chi connectivity index (χ3v) is 3.39. The maximum absolute atomic E-state index is 11.9. The SMILES string of the molecule is NCC1CCC(C(=O)NC2COCC2C(=O)O)O1. The molecule has 0 aromatic carbocycles. The monoisotopic (exact) mass is 258 g/mol. The first-order chi connectivity index (χ1) is 8.61. The van der Waals surface area contributed by atoms with Crippen molar-refractivity contribution in [3.05, 3.63) is 0 Å². The minimum Gasteiger partial charge on any atom is -0.481 e. The van der Waals surface area contributed by atoms with Crippen LogP contribution in [0.2, 0.25) is 0 Å². The number of carbonyl (C=O) groups excluding carboxylic acids is 1. The van der Waals surface area contributed by atoms with Crippen molar-refractivity contribution in [3.63, 3.8) is 0 Å². The maximum Gasteiger partial charge on any atom is 0.311 e. The Labute approximate surface area is 105 Å². The molecule has 1 amide bonds. The average Bonchev–Trinajstić information content (AvgIpc) is 2.96. The molecule has 7 nitrogen and oxygen atoms in total. The molecule has 4 unspecified atom stereocenters. The summed E-state index contributed by atoms with van der Waals surface area (Å²) >= 11 is 0. The fourth-order valence-corrected chi connectivity index (χ4v) is 2.29. The van der Waals surface area contributed by atoms with E-state index in [1.54, 1.807) is 0 Å². The van der Waals surface area contributed by atoms with E-state index in [2.05, 4.69) is 5.32 Å². The number of nitrogens with two attached hydrogens (primary N) is 1. The van der Waals surface area contributed by atoms with E-state index < -0.39 is 24.0 Å². The first-order valence-electron chi connectivity index (χ1n) is 6.08. The van der Waals surface area contributed by atoms with Crippen molar-refractivity contribution < 1.29 is 24.2 Å². The van der Waals surface area contributed by atoms with Crippen molar-refractivity contribution in [2.24, 2.45) is 11.7 Å². The number of rotatable bonds is 4. The van der Waals surface area contributed by atoms with Crippen LogP contribution in [0.5, 0.6) is 0 Å². The fraction of sp³-hybridized carbons (Fsp3) is 0.818. The predicted molar refractivity (Wildman–Crippen MR) is 60.8 cm³/mol. The summed E-state index contributed by atoms with van der Waals surface area (Å²) in [5.74, 6) is -1.90. The third-order valence-electron chi connectivity index (χ3n) is 3.39. The van der Waals surface area contributed by atoms with Gasteiger partial charge in [0.05, 0.1) is 25.4 Å². The topological polar surface area (TPSA) is 111 Å². The Morgan fingerprint density at radius 3 is 2.72 bits per heavy atom. The molecule has 2 saturated heterocycles. The van der Waals surface area contributed by atoms with Crippen LogP contribution < -0.4 is 11.1 Å². The number of hydrogen-bond acceptors (Lipinski definition) is 5. The van der Waals surface area contributed by atoms with Gasteiger partial charge in [0, 0.05) is 6.54 Å². The molecule has 2 aliphatic heterocycles. The molecule has 18 heavy (non-hydrogen) atoms. The maximum atomic E-state index is 11.9. The Hall–Kier alpha value is -1.18. The Balaban J connectivity index is 1.86. The predicted octanol–water partition coefficient (Wildman–Crippen LogP) is -1.29. The van der Waals surface area contributed by atoms with Crippen molar-refractivity contribution in [2.75, 3.05) is 19.8 Å². The van der Waals surface area contributed by atoms with Crippen LogP contribution in [0.4, 0.5) is 0 Å². The number of hydrogen-bond donors (Lipinski definition) is 3. The summed E-state index contributed by atoms with van der Waals surface area (Å²) in [7, 11) is 0. The highest BCUT2D eigenvalue weighted by Gasteiger charge is 2.38. The number of aliphatic carboxylic acids is 1. The smallest absolute Gasteiger partial charge is 0.311 e. The summed E-state index contributed by atoms with van der Waals surface area (Å²) in [5, 5.41) is 11.6. The molecule has 0 saturated carbocycles. The molecule has 2 aliphatic rings. The fourth-order valence-electron chi connectivity index (χ4n) is 2.29. The van der Waals surface area contributed by atoms with Gasteiger partial charge in [0.25, 0.3) is 0 Å². The summed E-state index contributed by atoms with van der Waals surface area (Å²) in [6.45, 7) is 0.765. The molecule has 4 N–H and O–H groups in total. The van der Waals surface area contributed by atoms with Crippen molar-refractivity contribution in [1.82, 2.24) is 5.32 Å². The van der Waals surface area contributed by atoms with Gasteiger partial charge in [0.1, 0.15) is 12.0 Å². The lowest BCUT2D eigenvalue weighted by Gasteiger charge is -2.18. The summed E-state index contributed by atoms with van der Waals surface area (Å²) in [4.78, 5) is 22.8. The molecule has 0 aliphatic carbocycles. The zero-order valence-corrected chi connectivity index (χ0v) is 10.0. The zero-order chi connectivity index (χ0) is 13.1. The minimum absolute atomic E-state index is 0.0733. The highest BCUT2D eigenvalue weighted by Crippen LogP contribution is 2.20.